The number of hydrogen-bond donors (Lipinski definition) is 1. The summed E-state index contributed by atoms with van der Waals surface area (Å²) in [6, 6.07) is 6.06. The Balaban J connectivity index is 2.15. The Morgan fingerprint density at radius 1 is 1.41 bits per heavy atom. The lowest BCUT2D eigenvalue weighted by Gasteiger charge is -2.19. The van der Waals surface area contributed by atoms with E-state index in [9.17, 15) is 0 Å². The fourth-order valence-electron chi connectivity index (χ4n) is 1.62. The average Bonchev–Trinajstić information content (AvgIpc) is 2.73. The molecule has 0 radical (unpaired) electrons. The van der Waals surface area contributed by atoms with Crippen LogP contribution in [0.25, 0.3) is 0 Å². The number of aryl methyl sites for hydroxylation is 1. The SMILES string of the molecule is CCN(Cc1cccc(C)n1)c1ncc(N)s1. The zero-order valence-electron chi connectivity index (χ0n) is 10.1. The molecule has 0 atom stereocenters. The molecule has 0 saturated heterocycles. The van der Waals surface area contributed by atoms with Crippen molar-refractivity contribution < 1.29 is 0 Å². The van der Waals surface area contributed by atoms with E-state index in [2.05, 4.69) is 21.8 Å². The predicted octanol–water partition coefficient (Wildman–Crippen LogP) is 2.46. The zero-order valence-corrected chi connectivity index (χ0v) is 10.9. The van der Waals surface area contributed by atoms with Crippen LogP contribution in [0.3, 0.4) is 0 Å². The highest BCUT2D eigenvalue weighted by molar-refractivity contribution is 7.19. The van der Waals surface area contributed by atoms with Crippen LogP contribution in [0.4, 0.5) is 10.1 Å². The maximum Gasteiger partial charge on any atom is 0.187 e. The summed E-state index contributed by atoms with van der Waals surface area (Å²) in [5, 5.41) is 1.70. The number of nitrogens with two attached hydrogens (primary N) is 1. The van der Waals surface area contributed by atoms with Gasteiger partial charge < -0.3 is 10.6 Å². The van der Waals surface area contributed by atoms with Crippen LogP contribution in [0.5, 0.6) is 0 Å². The Hall–Kier alpha value is -1.62. The first-order valence-electron chi connectivity index (χ1n) is 5.58. The molecular weight excluding hydrogens is 232 g/mol. The molecule has 0 saturated carbocycles. The Labute approximate surface area is 105 Å². The van der Waals surface area contributed by atoms with E-state index < -0.39 is 0 Å². The predicted molar refractivity (Wildman–Crippen MR) is 72.2 cm³/mol. The molecule has 2 aromatic rings. The Bertz CT molecular complexity index is 495. The molecule has 0 bridgehead atoms. The van der Waals surface area contributed by atoms with Gasteiger partial charge in [0.1, 0.15) is 5.00 Å². The van der Waals surface area contributed by atoms with E-state index in [1.54, 1.807) is 6.20 Å². The number of hydrogen-bond acceptors (Lipinski definition) is 5. The number of nitrogens with zero attached hydrogens (tertiary/aromatic N) is 3. The third-order valence-electron chi connectivity index (χ3n) is 2.46. The minimum Gasteiger partial charge on any atom is -0.389 e. The largest absolute Gasteiger partial charge is 0.389 e. The van der Waals surface area contributed by atoms with Crippen LogP contribution in [0.15, 0.2) is 24.4 Å². The molecular formula is C12H16N4S. The van der Waals surface area contributed by atoms with Gasteiger partial charge in [-0.05, 0) is 26.0 Å². The first kappa shape index (κ1) is 11.9. The van der Waals surface area contributed by atoms with Crippen molar-refractivity contribution >= 4 is 21.5 Å². The van der Waals surface area contributed by atoms with E-state index in [0.29, 0.717) is 0 Å². The van der Waals surface area contributed by atoms with Crippen LogP contribution < -0.4 is 10.6 Å². The molecule has 2 heterocycles. The summed E-state index contributed by atoms with van der Waals surface area (Å²) in [4.78, 5) is 11.0. The number of nitrogen functional groups attached to an aromatic ring is 1. The summed E-state index contributed by atoms with van der Waals surface area (Å²) in [6.07, 6.45) is 1.70. The maximum atomic E-state index is 5.70. The molecule has 4 nitrogen and oxygen atoms in total. The fraction of sp³-hybridized carbons (Fsp3) is 0.333. The molecule has 2 N–H and O–H groups in total. The van der Waals surface area contributed by atoms with Crippen LogP contribution in [-0.2, 0) is 6.54 Å². The highest BCUT2D eigenvalue weighted by Crippen LogP contribution is 2.24. The monoisotopic (exact) mass is 248 g/mol. The number of rotatable bonds is 4. The van der Waals surface area contributed by atoms with Crippen molar-refractivity contribution in [1.82, 2.24) is 9.97 Å². The smallest absolute Gasteiger partial charge is 0.187 e. The normalized spacial score (nSPS) is 10.5. The number of thiazole rings is 1. The fourth-order valence-corrected chi connectivity index (χ4v) is 2.37. The minimum absolute atomic E-state index is 0.746. The number of anilines is 2. The molecule has 90 valence electrons. The molecule has 17 heavy (non-hydrogen) atoms. The van der Waals surface area contributed by atoms with E-state index in [1.165, 1.54) is 11.3 Å². The molecule has 0 unspecified atom stereocenters. The number of aromatic nitrogens is 2. The van der Waals surface area contributed by atoms with Crippen molar-refractivity contribution in [3.05, 3.63) is 35.8 Å². The second-order valence-electron chi connectivity index (χ2n) is 3.83. The summed E-state index contributed by atoms with van der Waals surface area (Å²) < 4.78 is 0. The van der Waals surface area contributed by atoms with Gasteiger partial charge in [0, 0.05) is 12.2 Å². The van der Waals surface area contributed by atoms with Gasteiger partial charge in [-0.2, -0.15) is 0 Å². The van der Waals surface area contributed by atoms with Gasteiger partial charge in [-0.25, -0.2) is 4.98 Å². The summed E-state index contributed by atoms with van der Waals surface area (Å²) >= 11 is 1.51. The maximum absolute atomic E-state index is 5.70. The first-order valence-corrected chi connectivity index (χ1v) is 6.39. The zero-order chi connectivity index (χ0) is 12.3. The molecule has 0 amide bonds. The molecule has 0 spiro atoms. The van der Waals surface area contributed by atoms with Crippen molar-refractivity contribution in [3.63, 3.8) is 0 Å². The van der Waals surface area contributed by atoms with Crippen molar-refractivity contribution in [2.75, 3.05) is 17.2 Å². The molecule has 0 aliphatic heterocycles. The molecule has 5 heteroatoms. The van der Waals surface area contributed by atoms with Gasteiger partial charge in [0.25, 0.3) is 0 Å². The average molecular weight is 248 g/mol. The summed E-state index contributed by atoms with van der Waals surface area (Å²) in [7, 11) is 0. The quantitative estimate of drug-likeness (QED) is 0.903. The topological polar surface area (TPSA) is 55.0 Å². The molecule has 0 fully saturated rings. The first-order chi connectivity index (χ1) is 8.19. The number of pyridine rings is 1. The highest BCUT2D eigenvalue weighted by Gasteiger charge is 2.09. The van der Waals surface area contributed by atoms with Crippen molar-refractivity contribution in [2.45, 2.75) is 20.4 Å². The molecule has 2 aromatic heterocycles. The van der Waals surface area contributed by atoms with Gasteiger partial charge in [0.2, 0.25) is 0 Å². The van der Waals surface area contributed by atoms with Crippen molar-refractivity contribution in [3.8, 4) is 0 Å². The second-order valence-corrected chi connectivity index (χ2v) is 4.87. The Kier molecular flexibility index (Phi) is 3.58. The molecule has 2 rings (SSSR count). The summed E-state index contributed by atoms with van der Waals surface area (Å²) in [5.41, 5.74) is 7.80. The van der Waals surface area contributed by atoms with Crippen molar-refractivity contribution in [2.24, 2.45) is 0 Å². The lowest BCUT2D eigenvalue weighted by molar-refractivity contribution is 0.801. The summed E-state index contributed by atoms with van der Waals surface area (Å²) in [6.45, 7) is 5.77. The highest BCUT2D eigenvalue weighted by atomic mass is 32.1. The molecule has 0 aliphatic rings. The minimum atomic E-state index is 0.746. The van der Waals surface area contributed by atoms with Gasteiger partial charge in [-0.1, -0.05) is 17.4 Å². The molecule has 0 aromatic carbocycles. The van der Waals surface area contributed by atoms with Crippen LogP contribution in [0.1, 0.15) is 18.3 Å². The standard InChI is InChI=1S/C12H16N4S/c1-3-16(12-14-7-11(13)17-12)8-10-6-4-5-9(2)15-10/h4-7H,3,8,13H2,1-2H3. The van der Waals surface area contributed by atoms with E-state index in [1.807, 2.05) is 25.1 Å². The lowest BCUT2D eigenvalue weighted by Crippen LogP contribution is -2.22. The van der Waals surface area contributed by atoms with Gasteiger partial charge in [-0.3, -0.25) is 4.98 Å². The summed E-state index contributed by atoms with van der Waals surface area (Å²) in [5.74, 6) is 0. The lowest BCUT2D eigenvalue weighted by atomic mass is 10.3. The van der Waals surface area contributed by atoms with Crippen LogP contribution in [0.2, 0.25) is 0 Å². The van der Waals surface area contributed by atoms with E-state index in [-0.39, 0.29) is 0 Å². The van der Waals surface area contributed by atoms with Gasteiger partial charge in [0.15, 0.2) is 5.13 Å². The van der Waals surface area contributed by atoms with Crippen LogP contribution >= 0.6 is 11.3 Å². The third-order valence-corrected chi connectivity index (χ3v) is 3.35. The van der Waals surface area contributed by atoms with E-state index in [4.69, 9.17) is 5.73 Å². The van der Waals surface area contributed by atoms with E-state index >= 15 is 0 Å². The van der Waals surface area contributed by atoms with Gasteiger partial charge >= 0.3 is 0 Å². The second kappa shape index (κ2) is 5.14. The Morgan fingerprint density at radius 3 is 2.82 bits per heavy atom. The van der Waals surface area contributed by atoms with Gasteiger partial charge in [0.05, 0.1) is 18.4 Å². The van der Waals surface area contributed by atoms with Crippen LogP contribution in [0, 0.1) is 6.92 Å². The molecule has 0 aliphatic carbocycles. The Morgan fingerprint density at radius 2 is 2.24 bits per heavy atom. The van der Waals surface area contributed by atoms with Crippen LogP contribution in [-0.4, -0.2) is 16.5 Å². The van der Waals surface area contributed by atoms with E-state index in [0.717, 1.165) is 34.6 Å². The van der Waals surface area contributed by atoms with Crippen molar-refractivity contribution in [1.29, 1.82) is 0 Å². The van der Waals surface area contributed by atoms with Gasteiger partial charge in [-0.15, -0.1) is 0 Å². The third kappa shape index (κ3) is 2.94.